The van der Waals surface area contributed by atoms with Crippen LogP contribution in [0.15, 0.2) is 36.4 Å². The molecule has 0 bridgehead atoms. The first-order valence-corrected chi connectivity index (χ1v) is 6.68. The molecule has 2 aromatic rings. The summed E-state index contributed by atoms with van der Waals surface area (Å²) in [6, 6.07) is 9.95. The molecule has 0 saturated heterocycles. The summed E-state index contributed by atoms with van der Waals surface area (Å²) in [5, 5.41) is 1.26. The molecule has 0 radical (unpaired) electrons. The minimum atomic E-state index is -0.240. The second-order valence-electron chi connectivity index (χ2n) is 4.55. The lowest BCUT2D eigenvalue weighted by atomic mass is 9.98. The third-order valence-electron chi connectivity index (χ3n) is 3.06. The van der Waals surface area contributed by atoms with Gasteiger partial charge in [-0.15, -0.1) is 0 Å². The zero-order valence-corrected chi connectivity index (χ0v) is 12.0. The normalized spacial score (nSPS) is 12.5. The third-order valence-corrected chi connectivity index (χ3v) is 3.66. The van der Waals surface area contributed by atoms with Gasteiger partial charge in [0.15, 0.2) is 0 Å². The molecular weight excluding hydrogens is 284 g/mol. The van der Waals surface area contributed by atoms with Crippen molar-refractivity contribution in [2.75, 3.05) is 0 Å². The van der Waals surface area contributed by atoms with Crippen molar-refractivity contribution >= 4 is 23.2 Å². The van der Waals surface area contributed by atoms with Crippen LogP contribution in [0.3, 0.4) is 0 Å². The van der Waals surface area contributed by atoms with Crippen LogP contribution >= 0.6 is 23.2 Å². The van der Waals surface area contributed by atoms with E-state index in [0.717, 1.165) is 11.1 Å². The monoisotopic (exact) mass is 297 g/mol. The SMILES string of the molecule is Cc1cc(C(N)Cc2cc(Cl)ccc2Cl)ccc1F. The number of halogens is 3. The molecule has 0 aliphatic carbocycles. The first kappa shape index (κ1) is 14.3. The summed E-state index contributed by atoms with van der Waals surface area (Å²) < 4.78 is 13.2. The predicted molar refractivity (Wildman–Crippen MR) is 78.2 cm³/mol. The van der Waals surface area contributed by atoms with Crippen LogP contribution in [0, 0.1) is 12.7 Å². The van der Waals surface area contributed by atoms with Crippen LogP contribution < -0.4 is 5.73 Å². The van der Waals surface area contributed by atoms with E-state index >= 15 is 0 Å². The Kier molecular flexibility index (Phi) is 4.46. The molecule has 0 aliphatic heterocycles. The van der Waals surface area contributed by atoms with Crippen LogP contribution in [0.25, 0.3) is 0 Å². The number of rotatable bonds is 3. The highest BCUT2D eigenvalue weighted by atomic mass is 35.5. The molecule has 0 aliphatic rings. The smallest absolute Gasteiger partial charge is 0.126 e. The minimum absolute atomic E-state index is 0.225. The molecule has 2 N–H and O–H groups in total. The topological polar surface area (TPSA) is 26.0 Å². The molecule has 4 heteroatoms. The van der Waals surface area contributed by atoms with Crippen molar-refractivity contribution in [3.63, 3.8) is 0 Å². The number of nitrogens with two attached hydrogens (primary N) is 1. The van der Waals surface area contributed by atoms with Crippen molar-refractivity contribution in [3.8, 4) is 0 Å². The molecular formula is C15H14Cl2FN. The first-order chi connectivity index (χ1) is 8.97. The van der Waals surface area contributed by atoms with E-state index in [1.807, 2.05) is 0 Å². The van der Waals surface area contributed by atoms with Gasteiger partial charge in [-0.2, -0.15) is 0 Å². The highest BCUT2D eigenvalue weighted by molar-refractivity contribution is 6.33. The first-order valence-electron chi connectivity index (χ1n) is 5.93. The number of hydrogen-bond acceptors (Lipinski definition) is 1. The Labute approximate surface area is 122 Å². The Morgan fingerprint density at radius 2 is 1.89 bits per heavy atom. The molecule has 0 aromatic heterocycles. The van der Waals surface area contributed by atoms with Gasteiger partial charge in [0.05, 0.1) is 0 Å². The Morgan fingerprint density at radius 1 is 1.16 bits per heavy atom. The largest absolute Gasteiger partial charge is 0.324 e. The molecule has 2 aromatic carbocycles. The number of hydrogen-bond donors (Lipinski definition) is 1. The minimum Gasteiger partial charge on any atom is -0.324 e. The second-order valence-corrected chi connectivity index (χ2v) is 5.40. The lowest BCUT2D eigenvalue weighted by molar-refractivity contribution is 0.615. The molecule has 0 spiro atoms. The Morgan fingerprint density at radius 3 is 2.58 bits per heavy atom. The number of aryl methyl sites for hydroxylation is 1. The van der Waals surface area contributed by atoms with E-state index in [9.17, 15) is 4.39 Å². The third kappa shape index (κ3) is 3.47. The molecule has 0 amide bonds. The lowest BCUT2D eigenvalue weighted by Crippen LogP contribution is -2.14. The molecule has 0 fully saturated rings. The summed E-state index contributed by atoms with van der Waals surface area (Å²) >= 11 is 12.1. The van der Waals surface area contributed by atoms with Crippen molar-refractivity contribution in [3.05, 3.63) is 69.0 Å². The average Bonchev–Trinajstić information content (AvgIpc) is 2.37. The summed E-state index contributed by atoms with van der Waals surface area (Å²) in [5.41, 5.74) is 8.51. The maximum atomic E-state index is 13.2. The molecule has 19 heavy (non-hydrogen) atoms. The van der Waals surface area contributed by atoms with Crippen LogP contribution in [-0.4, -0.2) is 0 Å². The van der Waals surface area contributed by atoms with Gasteiger partial charge in [-0.1, -0.05) is 35.3 Å². The molecule has 1 unspecified atom stereocenters. The summed E-state index contributed by atoms with van der Waals surface area (Å²) in [6.45, 7) is 1.72. The van der Waals surface area contributed by atoms with Crippen molar-refractivity contribution in [2.45, 2.75) is 19.4 Å². The van der Waals surface area contributed by atoms with Gasteiger partial charge in [0, 0.05) is 16.1 Å². The zero-order valence-electron chi connectivity index (χ0n) is 10.5. The van der Waals surface area contributed by atoms with Gasteiger partial charge in [-0.25, -0.2) is 4.39 Å². The molecule has 0 saturated carbocycles. The van der Waals surface area contributed by atoms with E-state index in [2.05, 4.69) is 0 Å². The zero-order chi connectivity index (χ0) is 14.0. The van der Waals surface area contributed by atoms with Gasteiger partial charge in [0.1, 0.15) is 5.82 Å². The highest BCUT2D eigenvalue weighted by Gasteiger charge is 2.11. The molecule has 0 heterocycles. The predicted octanol–water partition coefficient (Wildman–Crippen LogP) is 4.68. The fraction of sp³-hybridized carbons (Fsp3) is 0.200. The van der Waals surface area contributed by atoms with E-state index in [-0.39, 0.29) is 11.9 Å². The maximum absolute atomic E-state index is 13.2. The summed E-state index contributed by atoms with van der Waals surface area (Å²) in [7, 11) is 0. The maximum Gasteiger partial charge on any atom is 0.126 e. The Balaban J connectivity index is 2.22. The average molecular weight is 298 g/mol. The van der Waals surface area contributed by atoms with Gasteiger partial charge in [-0.05, 0) is 54.3 Å². The van der Waals surface area contributed by atoms with Crippen LogP contribution in [0.1, 0.15) is 22.7 Å². The molecule has 1 atom stereocenters. The fourth-order valence-corrected chi connectivity index (χ4v) is 2.34. The van der Waals surface area contributed by atoms with Gasteiger partial charge in [-0.3, -0.25) is 0 Å². The van der Waals surface area contributed by atoms with Crippen molar-refractivity contribution in [1.29, 1.82) is 0 Å². The van der Waals surface area contributed by atoms with E-state index in [1.165, 1.54) is 6.07 Å². The second kappa shape index (κ2) is 5.91. The van der Waals surface area contributed by atoms with Crippen molar-refractivity contribution in [1.82, 2.24) is 0 Å². The van der Waals surface area contributed by atoms with Gasteiger partial charge in [0.25, 0.3) is 0 Å². The lowest BCUT2D eigenvalue weighted by Gasteiger charge is -2.14. The van der Waals surface area contributed by atoms with Crippen LogP contribution in [0.2, 0.25) is 10.0 Å². The summed E-state index contributed by atoms with van der Waals surface area (Å²) in [5.74, 6) is -0.225. The van der Waals surface area contributed by atoms with Gasteiger partial charge < -0.3 is 5.73 Å². The van der Waals surface area contributed by atoms with Crippen molar-refractivity contribution in [2.24, 2.45) is 5.73 Å². The van der Waals surface area contributed by atoms with Crippen LogP contribution in [0.4, 0.5) is 4.39 Å². The Bertz CT molecular complexity index is 599. The van der Waals surface area contributed by atoms with E-state index in [0.29, 0.717) is 22.0 Å². The molecule has 2 rings (SSSR count). The quantitative estimate of drug-likeness (QED) is 0.874. The van der Waals surface area contributed by atoms with E-state index < -0.39 is 0 Å². The van der Waals surface area contributed by atoms with Crippen molar-refractivity contribution < 1.29 is 4.39 Å². The summed E-state index contributed by atoms with van der Waals surface area (Å²) in [4.78, 5) is 0. The summed E-state index contributed by atoms with van der Waals surface area (Å²) in [6.07, 6.45) is 0.560. The van der Waals surface area contributed by atoms with E-state index in [1.54, 1.807) is 37.3 Å². The van der Waals surface area contributed by atoms with Gasteiger partial charge in [0.2, 0.25) is 0 Å². The van der Waals surface area contributed by atoms with Crippen LogP contribution in [-0.2, 0) is 6.42 Å². The molecule has 100 valence electrons. The number of benzene rings is 2. The van der Waals surface area contributed by atoms with Gasteiger partial charge >= 0.3 is 0 Å². The van der Waals surface area contributed by atoms with E-state index in [4.69, 9.17) is 28.9 Å². The van der Waals surface area contributed by atoms with Crippen LogP contribution in [0.5, 0.6) is 0 Å². The Hall–Kier alpha value is -1.09. The molecule has 1 nitrogen and oxygen atoms in total. The highest BCUT2D eigenvalue weighted by Crippen LogP contribution is 2.25. The fourth-order valence-electron chi connectivity index (χ4n) is 1.95. The standard InChI is InChI=1S/C15H14Cl2FN/c1-9-6-10(2-5-14(9)18)15(19)8-11-7-12(16)3-4-13(11)17/h2-7,15H,8,19H2,1H3.